The predicted molar refractivity (Wildman–Crippen MR) is 130 cm³/mol. The minimum atomic E-state index is -0.444. The summed E-state index contributed by atoms with van der Waals surface area (Å²) >= 11 is 0. The van der Waals surface area contributed by atoms with Crippen molar-refractivity contribution >= 4 is 17.5 Å². The third kappa shape index (κ3) is 5.14. The lowest BCUT2D eigenvalue weighted by Gasteiger charge is -2.39. The van der Waals surface area contributed by atoms with Crippen LogP contribution in [-0.4, -0.2) is 74.0 Å². The Hall–Kier alpha value is -3.06. The van der Waals surface area contributed by atoms with Gasteiger partial charge in [0.1, 0.15) is 5.75 Å². The normalized spacial score (nSPS) is 19.4. The molecule has 2 fully saturated rings. The van der Waals surface area contributed by atoms with Crippen molar-refractivity contribution in [1.29, 1.82) is 0 Å². The zero-order chi connectivity index (χ0) is 23.4. The van der Waals surface area contributed by atoms with E-state index in [0.29, 0.717) is 26.2 Å². The predicted octanol–water partition coefficient (Wildman–Crippen LogP) is 2.35. The molecule has 1 N–H and O–H groups in total. The number of hydrogen-bond acceptors (Lipinski definition) is 5. The number of amides is 2. The van der Waals surface area contributed by atoms with E-state index in [0.717, 1.165) is 36.5 Å². The fourth-order valence-corrected chi connectivity index (χ4v) is 4.78. The first-order valence-corrected chi connectivity index (χ1v) is 11.7. The van der Waals surface area contributed by atoms with E-state index in [1.165, 1.54) is 11.3 Å². The lowest BCUT2D eigenvalue weighted by molar-refractivity contribution is -0.139. The minimum absolute atomic E-state index is 0.0531. The largest absolute Gasteiger partial charge is 0.496 e. The molecule has 0 radical (unpaired) electrons. The van der Waals surface area contributed by atoms with Gasteiger partial charge in [-0.3, -0.25) is 14.5 Å². The third-order valence-corrected chi connectivity index (χ3v) is 7.01. The maximum atomic E-state index is 13.1. The molecule has 2 amide bonds. The highest BCUT2D eigenvalue weighted by Gasteiger charge is 2.34. The smallest absolute Gasteiger partial charge is 0.237 e. The number of piperazine rings is 2. The average Bonchev–Trinajstić information content (AvgIpc) is 2.85. The van der Waals surface area contributed by atoms with Crippen LogP contribution in [-0.2, 0) is 16.1 Å². The summed E-state index contributed by atoms with van der Waals surface area (Å²) in [5.41, 5.74) is 4.63. The van der Waals surface area contributed by atoms with Gasteiger partial charge >= 0.3 is 0 Å². The van der Waals surface area contributed by atoms with Crippen molar-refractivity contribution in [3.8, 4) is 5.75 Å². The molecule has 176 valence electrons. The van der Waals surface area contributed by atoms with Gasteiger partial charge in [-0.05, 0) is 48.7 Å². The molecule has 1 atom stereocenters. The number of nitrogens with zero attached hydrogens (tertiary/aromatic N) is 3. The zero-order valence-corrected chi connectivity index (χ0v) is 19.8. The standard InChI is InChI=1S/C26H34N4O3/c1-19-20(2)24(33-3)10-9-21(19)18-30-12-11-27-26(32)23(30)17-25(31)29-15-13-28(14-16-29)22-7-5-4-6-8-22/h4-10,23H,11-18H2,1-3H3,(H,27,32). The van der Waals surface area contributed by atoms with E-state index in [1.807, 2.05) is 29.2 Å². The molecule has 0 aliphatic carbocycles. The molecule has 0 aromatic heterocycles. The van der Waals surface area contributed by atoms with Crippen LogP contribution in [0.15, 0.2) is 42.5 Å². The van der Waals surface area contributed by atoms with Crippen LogP contribution in [0, 0.1) is 13.8 Å². The van der Waals surface area contributed by atoms with Crippen LogP contribution in [0.25, 0.3) is 0 Å². The van der Waals surface area contributed by atoms with E-state index in [2.05, 4.69) is 47.2 Å². The summed E-state index contributed by atoms with van der Waals surface area (Å²) in [5.74, 6) is 0.867. The van der Waals surface area contributed by atoms with Crippen molar-refractivity contribution in [2.24, 2.45) is 0 Å². The molecule has 7 heteroatoms. The molecule has 33 heavy (non-hydrogen) atoms. The summed E-state index contributed by atoms with van der Waals surface area (Å²) in [5, 5.41) is 2.95. The highest BCUT2D eigenvalue weighted by Crippen LogP contribution is 2.26. The minimum Gasteiger partial charge on any atom is -0.496 e. The summed E-state index contributed by atoms with van der Waals surface area (Å²) in [6.45, 7) is 9.09. The molecule has 2 aromatic carbocycles. The van der Waals surface area contributed by atoms with E-state index >= 15 is 0 Å². The Morgan fingerprint density at radius 1 is 1.00 bits per heavy atom. The fraction of sp³-hybridized carbons (Fsp3) is 0.462. The van der Waals surface area contributed by atoms with Gasteiger partial charge in [0.2, 0.25) is 11.8 Å². The summed E-state index contributed by atoms with van der Waals surface area (Å²) in [4.78, 5) is 32.2. The second-order valence-electron chi connectivity index (χ2n) is 8.86. The van der Waals surface area contributed by atoms with E-state index in [4.69, 9.17) is 4.74 Å². The van der Waals surface area contributed by atoms with Gasteiger partial charge in [0, 0.05) is 51.5 Å². The first-order chi connectivity index (χ1) is 16.0. The van der Waals surface area contributed by atoms with Crippen LogP contribution < -0.4 is 15.0 Å². The highest BCUT2D eigenvalue weighted by molar-refractivity contribution is 5.89. The fourth-order valence-electron chi connectivity index (χ4n) is 4.78. The Labute approximate surface area is 196 Å². The molecule has 0 spiro atoms. The molecule has 0 saturated carbocycles. The number of anilines is 1. The number of nitrogens with one attached hydrogen (secondary N) is 1. The summed E-state index contributed by atoms with van der Waals surface area (Å²) in [6.07, 6.45) is 0.214. The molecule has 2 heterocycles. The average molecular weight is 451 g/mol. The van der Waals surface area contributed by atoms with Gasteiger partial charge in [-0.15, -0.1) is 0 Å². The molecule has 7 nitrogen and oxygen atoms in total. The summed E-state index contributed by atoms with van der Waals surface area (Å²) in [6, 6.07) is 13.9. The Balaban J connectivity index is 1.40. The quantitative estimate of drug-likeness (QED) is 0.732. The molecule has 4 rings (SSSR count). The molecule has 2 aliphatic heterocycles. The topological polar surface area (TPSA) is 65.1 Å². The summed E-state index contributed by atoms with van der Waals surface area (Å²) < 4.78 is 5.43. The Morgan fingerprint density at radius 2 is 1.73 bits per heavy atom. The van der Waals surface area contributed by atoms with Gasteiger partial charge in [0.05, 0.1) is 19.6 Å². The van der Waals surface area contributed by atoms with Gasteiger partial charge < -0.3 is 19.9 Å². The van der Waals surface area contributed by atoms with Crippen molar-refractivity contribution in [2.45, 2.75) is 32.9 Å². The lowest BCUT2D eigenvalue weighted by atomic mass is 10.00. The van der Waals surface area contributed by atoms with Crippen LogP contribution in [0.3, 0.4) is 0 Å². The SMILES string of the molecule is COc1ccc(CN2CCNC(=O)C2CC(=O)N2CCN(c3ccccc3)CC2)c(C)c1C. The molecule has 2 aliphatic rings. The van der Waals surface area contributed by atoms with E-state index in [1.54, 1.807) is 7.11 Å². The van der Waals surface area contributed by atoms with Crippen LogP contribution in [0.1, 0.15) is 23.1 Å². The van der Waals surface area contributed by atoms with Gasteiger partial charge in [-0.2, -0.15) is 0 Å². The van der Waals surface area contributed by atoms with Crippen LogP contribution in [0.4, 0.5) is 5.69 Å². The third-order valence-electron chi connectivity index (χ3n) is 7.01. The van der Waals surface area contributed by atoms with E-state index in [-0.39, 0.29) is 18.2 Å². The number of carbonyl (C=O) groups is 2. The van der Waals surface area contributed by atoms with Gasteiger partial charge in [0.25, 0.3) is 0 Å². The van der Waals surface area contributed by atoms with Crippen LogP contribution >= 0.6 is 0 Å². The second-order valence-corrected chi connectivity index (χ2v) is 8.86. The van der Waals surface area contributed by atoms with Gasteiger partial charge in [-0.25, -0.2) is 0 Å². The molecule has 1 unspecified atom stereocenters. The Kier molecular flexibility index (Phi) is 7.18. The van der Waals surface area contributed by atoms with Gasteiger partial charge in [-0.1, -0.05) is 24.3 Å². The number of carbonyl (C=O) groups excluding carboxylic acids is 2. The van der Waals surface area contributed by atoms with Gasteiger partial charge in [0.15, 0.2) is 0 Å². The van der Waals surface area contributed by atoms with E-state index < -0.39 is 6.04 Å². The number of benzene rings is 2. The maximum Gasteiger partial charge on any atom is 0.237 e. The second kappa shape index (κ2) is 10.3. The Morgan fingerprint density at radius 3 is 2.42 bits per heavy atom. The number of rotatable bonds is 6. The maximum absolute atomic E-state index is 13.1. The van der Waals surface area contributed by atoms with Crippen LogP contribution in [0.5, 0.6) is 5.75 Å². The molecular formula is C26H34N4O3. The monoisotopic (exact) mass is 450 g/mol. The van der Waals surface area contributed by atoms with E-state index in [9.17, 15) is 9.59 Å². The number of hydrogen-bond donors (Lipinski definition) is 1. The van der Waals surface area contributed by atoms with Crippen LogP contribution in [0.2, 0.25) is 0 Å². The highest BCUT2D eigenvalue weighted by atomic mass is 16.5. The zero-order valence-electron chi connectivity index (χ0n) is 19.8. The Bertz CT molecular complexity index is 987. The molecule has 2 aromatic rings. The van der Waals surface area contributed by atoms with Crippen molar-refractivity contribution in [2.75, 3.05) is 51.3 Å². The first-order valence-electron chi connectivity index (χ1n) is 11.7. The molecular weight excluding hydrogens is 416 g/mol. The number of methoxy groups -OCH3 is 1. The van der Waals surface area contributed by atoms with Crippen molar-refractivity contribution in [3.05, 3.63) is 59.2 Å². The number of para-hydroxylation sites is 1. The van der Waals surface area contributed by atoms with Crippen molar-refractivity contribution < 1.29 is 14.3 Å². The number of ether oxygens (including phenoxy) is 1. The van der Waals surface area contributed by atoms with Crippen molar-refractivity contribution in [3.63, 3.8) is 0 Å². The molecule has 0 bridgehead atoms. The lowest BCUT2D eigenvalue weighted by Crippen LogP contribution is -2.57. The first kappa shape index (κ1) is 23.1. The van der Waals surface area contributed by atoms with Crippen molar-refractivity contribution in [1.82, 2.24) is 15.1 Å². The summed E-state index contributed by atoms with van der Waals surface area (Å²) in [7, 11) is 1.68. The molecule has 2 saturated heterocycles.